The first-order valence-corrected chi connectivity index (χ1v) is 4.57. The van der Waals surface area contributed by atoms with Crippen LogP contribution < -0.4 is 4.74 Å². The number of carbonyl (C=O) groups is 1. The van der Waals surface area contributed by atoms with Gasteiger partial charge in [-0.3, -0.25) is 4.79 Å². The third-order valence-electron chi connectivity index (χ3n) is 2.46. The Balaban J connectivity index is 2.43. The summed E-state index contributed by atoms with van der Waals surface area (Å²) in [6.07, 6.45) is 1.41. The second-order valence-corrected chi connectivity index (χ2v) is 3.45. The first-order chi connectivity index (χ1) is 6.27. The van der Waals surface area contributed by atoms with Crippen molar-refractivity contribution in [2.45, 2.75) is 25.7 Å². The lowest BCUT2D eigenvalue weighted by atomic mass is 9.96. The van der Waals surface area contributed by atoms with Crippen LogP contribution in [0, 0.1) is 0 Å². The van der Waals surface area contributed by atoms with E-state index in [1.807, 2.05) is 24.3 Å². The normalized spacial score (nSPS) is 21.6. The average molecular weight is 176 g/mol. The van der Waals surface area contributed by atoms with E-state index in [0.29, 0.717) is 12.3 Å². The fraction of sp³-hybridized carbons (Fsp3) is 0.364. The van der Waals surface area contributed by atoms with E-state index in [0.717, 1.165) is 17.7 Å². The predicted molar refractivity (Wildman–Crippen MR) is 49.7 cm³/mol. The highest BCUT2D eigenvalue weighted by Gasteiger charge is 2.19. The zero-order chi connectivity index (χ0) is 9.26. The number of hydrogen-bond donors (Lipinski definition) is 0. The summed E-state index contributed by atoms with van der Waals surface area (Å²) in [5.41, 5.74) is 1.15. The summed E-state index contributed by atoms with van der Waals surface area (Å²) < 4.78 is 5.19. The van der Waals surface area contributed by atoms with Crippen molar-refractivity contribution >= 4 is 5.97 Å². The molecule has 2 heteroatoms. The Bertz CT molecular complexity index is 331. The number of benzene rings is 1. The van der Waals surface area contributed by atoms with Crippen molar-refractivity contribution in [2.24, 2.45) is 0 Å². The molecule has 0 saturated carbocycles. The molecule has 1 aliphatic rings. The van der Waals surface area contributed by atoms with Crippen molar-refractivity contribution in [1.29, 1.82) is 0 Å². The van der Waals surface area contributed by atoms with Gasteiger partial charge in [-0.2, -0.15) is 0 Å². The fourth-order valence-corrected chi connectivity index (χ4v) is 1.64. The van der Waals surface area contributed by atoms with E-state index >= 15 is 0 Å². The molecule has 1 aromatic rings. The van der Waals surface area contributed by atoms with Crippen molar-refractivity contribution in [2.75, 3.05) is 0 Å². The topological polar surface area (TPSA) is 26.3 Å². The van der Waals surface area contributed by atoms with Crippen molar-refractivity contribution in [3.05, 3.63) is 29.8 Å². The Hall–Kier alpha value is -1.31. The number of carbonyl (C=O) groups excluding carboxylic acids is 1. The molecule has 1 atom stereocenters. The van der Waals surface area contributed by atoms with Crippen LogP contribution in [0.15, 0.2) is 24.3 Å². The molecular weight excluding hydrogens is 164 g/mol. The Morgan fingerprint density at radius 2 is 2.15 bits per heavy atom. The monoisotopic (exact) mass is 176 g/mol. The lowest BCUT2D eigenvalue weighted by Gasteiger charge is -2.09. The van der Waals surface area contributed by atoms with E-state index in [9.17, 15) is 4.79 Å². The van der Waals surface area contributed by atoms with Gasteiger partial charge in [0.1, 0.15) is 5.75 Å². The molecule has 0 N–H and O–H groups in total. The van der Waals surface area contributed by atoms with Crippen LogP contribution in [0.2, 0.25) is 0 Å². The lowest BCUT2D eigenvalue weighted by molar-refractivity contribution is -0.134. The van der Waals surface area contributed by atoms with Crippen molar-refractivity contribution in [3.8, 4) is 5.75 Å². The SMILES string of the molecule is CC1CCC(=O)Oc2ccccc21. The van der Waals surface area contributed by atoms with Gasteiger partial charge in [0.05, 0.1) is 0 Å². The van der Waals surface area contributed by atoms with Gasteiger partial charge < -0.3 is 4.74 Å². The van der Waals surface area contributed by atoms with Crippen LogP contribution in [0.1, 0.15) is 31.2 Å². The molecule has 1 unspecified atom stereocenters. The molecule has 0 bridgehead atoms. The molecule has 1 aliphatic heterocycles. The second-order valence-electron chi connectivity index (χ2n) is 3.45. The molecule has 1 heterocycles. The number of fused-ring (bicyclic) bond motifs is 1. The van der Waals surface area contributed by atoms with Gasteiger partial charge in [-0.05, 0) is 24.0 Å². The van der Waals surface area contributed by atoms with Gasteiger partial charge in [0, 0.05) is 6.42 Å². The third kappa shape index (κ3) is 1.57. The van der Waals surface area contributed by atoms with Crippen LogP contribution in [-0.4, -0.2) is 5.97 Å². The zero-order valence-electron chi connectivity index (χ0n) is 7.62. The van der Waals surface area contributed by atoms with E-state index in [1.54, 1.807) is 0 Å². The molecule has 2 rings (SSSR count). The van der Waals surface area contributed by atoms with Crippen LogP contribution in [0.3, 0.4) is 0 Å². The minimum atomic E-state index is -0.114. The van der Waals surface area contributed by atoms with Gasteiger partial charge >= 0.3 is 5.97 Å². The first-order valence-electron chi connectivity index (χ1n) is 4.57. The van der Waals surface area contributed by atoms with Gasteiger partial charge in [0.2, 0.25) is 0 Å². The predicted octanol–water partition coefficient (Wildman–Crippen LogP) is 2.49. The smallest absolute Gasteiger partial charge is 0.311 e. The molecule has 0 saturated heterocycles. The van der Waals surface area contributed by atoms with Crippen molar-refractivity contribution < 1.29 is 9.53 Å². The molecule has 0 fully saturated rings. The van der Waals surface area contributed by atoms with Gasteiger partial charge in [-0.25, -0.2) is 0 Å². The molecular formula is C11H12O2. The third-order valence-corrected chi connectivity index (χ3v) is 2.46. The van der Waals surface area contributed by atoms with Crippen molar-refractivity contribution in [1.82, 2.24) is 0 Å². The van der Waals surface area contributed by atoms with Crippen LogP contribution in [0.25, 0.3) is 0 Å². The molecule has 1 aromatic carbocycles. The lowest BCUT2D eigenvalue weighted by Crippen LogP contribution is -2.04. The molecule has 13 heavy (non-hydrogen) atoms. The number of rotatable bonds is 0. The van der Waals surface area contributed by atoms with Crippen LogP contribution in [0.5, 0.6) is 5.75 Å². The minimum Gasteiger partial charge on any atom is -0.426 e. The second kappa shape index (κ2) is 3.21. The quantitative estimate of drug-likeness (QED) is 0.448. The van der Waals surface area contributed by atoms with Gasteiger partial charge in [-0.15, -0.1) is 0 Å². The zero-order valence-corrected chi connectivity index (χ0v) is 7.62. The largest absolute Gasteiger partial charge is 0.426 e. The van der Waals surface area contributed by atoms with E-state index in [2.05, 4.69) is 6.92 Å². The standard InChI is InChI=1S/C11H12O2/c1-8-6-7-11(12)13-10-5-3-2-4-9(8)10/h2-5,8H,6-7H2,1H3. The highest BCUT2D eigenvalue weighted by atomic mass is 16.5. The highest BCUT2D eigenvalue weighted by Crippen LogP contribution is 2.32. The van der Waals surface area contributed by atoms with E-state index in [1.165, 1.54) is 0 Å². The number of esters is 1. The van der Waals surface area contributed by atoms with Crippen LogP contribution in [-0.2, 0) is 4.79 Å². The maximum atomic E-state index is 11.2. The number of para-hydroxylation sites is 1. The highest BCUT2D eigenvalue weighted by molar-refractivity contribution is 5.73. The maximum Gasteiger partial charge on any atom is 0.311 e. The molecule has 0 aromatic heterocycles. The Morgan fingerprint density at radius 3 is 3.00 bits per heavy atom. The van der Waals surface area contributed by atoms with E-state index < -0.39 is 0 Å². The molecule has 0 spiro atoms. The van der Waals surface area contributed by atoms with E-state index in [-0.39, 0.29) is 5.97 Å². The summed E-state index contributed by atoms with van der Waals surface area (Å²) in [5.74, 6) is 1.04. The Kier molecular flexibility index (Phi) is 2.05. The summed E-state index contributed by atoms with van der Waals surface area (Å²) >= 11 is 0. The average Bonchev–Trinajstić information content (AvgIpc) is 2.27. The number of hydrogen-bond acceptors (Lipinski definition) is 2. The van der Waals surface area contributed by atoms with Crippen LogP contribution in [0.4, 0.5) is 0 Å². The summed E-state index contributed by atoms with van der Waals surface area (Å²) in [6, 6.07) is 7.76. The molecule has 0 amide bonds. The van der Waals surface area contributed by atoms with Gasteiger partial charge in [-0.1, -0.05) is 25.1 Å². The summed E-state index contributed by atoms with van der Waals surface area (Å²) in [6.45, 7) is 2.13. The molecule has 0 radical (unpaired) electrons. The molecule has 2 nitrogen and oxygen atoms in total. The van der Waals surface area contributed by atoms with Gasteiger partial charge in [0.25, 0.3) is 0 Å². The van der Waals surface area contributed by atoms with E-state index in [4.69, 9.17) is 4.74 Å². The Labute approximate surface area is 77.5 Å². The summed E-state index contributed by atoms with van der Waals surface area (Å²) in [5, 5.41) is 0. The first kappa shape index (κ1) is 8.30. The van der Waals surface area contributed by atoms with Gasteiger partial charge in [0.15, 0.2) is 0 Å². The van der Waals surface area contributed by atoms with Crippen molar-refractivity contribution in [3.63, 3.8) is 0 Å². The number of ether oxygens (including phenoxy) is 1. The maximum absolute atomic E-state index is 11.2. The fourth-order valence-electron chi connectivity index (χ4n) is 1.64. The molecule has 0 aliphatic carbocycles. The minimum absolute atomic E-state index is 0.114. The summed E-state index contributed by atoms with van der Waals surface area (Å²) in [7, 11) is 0. The van der Waals surface area contributed by atoms with Crippen LogP contribution >= 0.6 is 0 Å². The molecule has 68 valence electrons. The Morgan fingerprint density at radius 1 is 1.38 bits per heavy atom. The summed E-state index contributed by atoms with van der Waals surface area (Å²) in [4.78, 5) is 11.2.